The number of halogens is 1. The molecule has 0 fully saturated rings. The second-order valence-electron chi connectivity index (χ2n) is 8.31. The number of aromatic hydroxyl groups is 1. The minimum Gasteiger partial charge on any atom is -0.613 e. The van der Waals surface area contributed by atoms with Crippen LogP contribution >= 0.6 is 15.9 Å². The Morgan fingerprint density at radius 3 is 2.67 bits per heavy atom. The van der Waals surface area contributed by atoms with Crippen molar-refractivity contribution in [3.63, 3.8) is 0 Å². The summed E-state index contributed by atoms with van der Waals surface area (Å²) in [6.07, 6.45) is 3.49. The molecule has 0 aliphatic carbocycles. The van der Waals surface area contributed by atoms with Gasteiger partial charge in [-0.25, -0.2) is 9.78 Å². The maximum absolute atomic E-state index is 13.3. The number of para-hydroxylation sites is 1. The van der Waals surface area contributed by atoms with Crippen LogP contribution in [-0.2, 0) is 35.3 Å². The number of carbonyl (C=O) groups excluding carboxylic acids is 1. The van der Waals surface area contributed by atoms with E-state index < -0.39 is 22.6 Å². The zero-order valence-electron chi connectivity index (χ0n) is 20.5. The second kappa shape index (κ2) is 11.0. The summed E-state index contributed by atoms with van der Waals surface area (Å²) in [5.41, 5.74) is 1.48. The first kappa shape index (κ1) is 26.1. The average molecular weight is 574 g/mol. The monoisotopic (exact) mass is 573 g/mol. The van der Waals surface area contributed by atoms with Gasteiger partial charge in [0.15, 0.2) is 0 Å². The fourth-order valence-corrected chi connectivity index (χ4v) is 5.68. The topological polar surface area (TPSA) is 102 Å². The fraction of sp³-hybridized carbons (Fsp3) is 0.308. The molecule has 8 nitrogen and oxygen atoms in total. The Morgan fingerprint density at radius 2 is 2.03 bits per heavy atom. The van der Waals surface area contributed by atoms with Gasteiger partial charge in [-0.15, -0.1) is 0 Å². The summed E-state index contributed by atoms with van der Waals surface area (Å²) in [6, 6.07) is 10.9. The van der Waals surface area contributed by atoms with Crippen molar-refractivity contribution < 1.29 is 23.9 Å². The van der Waals surface area contributed by atoms with Crippen molar-refractivity contribution in [1.29, 1.82) is 0 Å². The van der Waals surface area contributed by atoms with Crippen molar-refractivity contribution in [3.05, 3.63) is 75.9 Å². The molecule has 0 bridgehead atoms. The van der Waals surface area contributed by atoms with Crippen molar-refractivity contribution in [2.24, 2.45) is 7.05 Å². The van der Waals surface area contributed by atoms with Crippen LogP contribution in [0.4, 0.5) is 0 Å². The smallest absolute Gasteiger partial charge is 0.340 e. The van der Waals surface area contributed by atoms with E-state index in [2.05, 4.69) is 20.9 Å². The van der Waals surface area contributed by atoms with E-state index in [0.717, 1.165) is 5.82 Å². The Kier molecular flexibility index (Phi) is 7.97. The summed E-state index contributed by atoms with van der Waals surface area (Å²) in [5, 5.41) is 11.6. The van der Waals surface area contributed by atoms with Gasteiger partial charge in [0.1, 0.15) is 23.1 Å². The minimum absolute atomic E-state index is 0.0280. The van der Waals surface area contributed by atoms with Gasteiger partial charge in [0.25, 0.3) is 5.44 Å². The standard InChI is InChI=1S/C26H28BrN3O5S/c1-5-34-26(32)24-22(15-36(33)17(3)35-18-9-7-6-8-10-18)29(4)21-13-20(27)25(31)19(23(21)24)14-30-12-11-28-16(30)2/h6-13,17,31H,5,14-15H2,1-4H3. The first-order chi connectivity index (χ1) is 17.2. The summed E-state index contributed by atoms with van der Waals surface area (Å²) in [5.74, 6) is 0.948. The molecule has 2 unspecified atom stereocenters. The summed E-state index contributed by atoms with van der Waals surface area (Å²) < 4.78 is 28.9. The number of carbonyl (C=O) groups is 1. The molecule has 4 rings (SSSR count). The summed E-state index contributed by atoms with van der Waals surface area (Å²) in [6.45, 7) is 5.82. The molecule has 36 heavy (non-hydrogen) atoms. The Labute approximate surface area is 221 Å². The highest BCUT2D eigenvalue weighted by Gasteiger charge is 2.31. The molecule has 2 heterocycles. The molecule has 0 saturated heterocycles. The van der Waals surface area contributed by atoms with Crippen molar-refractivity contribution in [2.45, 2.75) is 38.5 Å². The van der Waals surface area contributed by atoms with Crippen LogP contribution in [0, 0.1) is 6.92 Å². The normalized spacial score (nSPS) is 13.1. The summed E-state index contributed by atoms with van der Waals surface area (Å²) in [4.78, 5) is 17.5. The quantitative estimate of drug-likeness (QED) is 0.222. The van der Waals surface area contributed by atoms with Crippen LogP contribution in [0.3, 0.4) is 0 Å². The van der Waals surface area contributed by atoms with E-state index in [9.17, 15) is 14.5 Å². The molecule has 0 radical (unpaired) electrons. The SMILES string of the molecule is CCOC(=O)c1c(C[S+]([O-])C(C)Oc2ccccc2)n(C)c2cc(Br)c(O)c(Cn3ccnc3C)c12. The highest BCUT2D eigenvalue weighted by atomic mass is 79.9. The van der Waals surface area contributed by atoms with Crippen LogP contribution in [0.1, 0.15) is 41.3 Å². The van der Waals surface area contributed by atoms with Gasteiger partial charge >= 0.3 is 5.97 Å². The summed E-state index contributed by atoms with van der Waals surface area (Å²) in [7, 11) is 1.82. The molecule has 190 valence electrons. The molecular weight excluding hydrogens is 546 g/mol. The second-order valence-corrected chi connectivity index (χ2v) is 10.9. The van der Waals surface area contributed by atoms with Gasteiger partial charge in [0.2, 0.25) is 0 Å². The van der Waals surface area contributed by atoms with Gasteiger partial charge in [0, 0.05) is 37.3 Å². The number of hydrogen-bond acceptors (Lipinski definition) is 6. The molecule has 2 atom stereocenters. The molecular formula is C26H28BrN3O5S. The van der Waals surface area contributed by atoms with E-state index in [1.165, 1.54) is 0 Å². The molecule has 2 aromatic heterocycles. The summed E-state index contributed by atoms with van der Waals surface area (Å²) >= 11 is 1.98. The molecule has 10 heteroatoms. The molecule has 0 amide bonds. The minimum atomic E-state index is -1.48. The van der Waals surface area contributed by atoms with Crippen LogP contribution in [0.2, 0.25) is 0 Å². The maximum atomic E-state index is 13.3. The zero-order valence-corrected chi connectivity index (χ0v) is 22.9. The largest absolute Gasteiger partial charge is 0.613 e. The maximum Gasteiger partial charge on any atom is 0.340 e. The van der Waals surface area contributed by atoms with Crippen LogP contribution in [-0.4, -0.2) is 41.8 Å². The molecule has 1 N–H and O–H groups in total. The molecule has 0 spiro atoms. The Morgan fingerprint density at radius 1 is 1.31 bits per heavy atom. The molecule has 0 saturated carbocycles. The predicted octanol–water partition coefficient (Wildman–Crippen LogP) is 5.05. The number of aryl methyl sites for hydroxylation is 2. The Hall–Kier alpha value is -2.95. The van der Waals surface area contributed by atoms with Gasteiger partial charge in [-0.2, -0.15) is 0 Å². The Bertz CT molecular complexity index is 1390. The lowest BCUT2D eigenvalue weighted by molar-refractivity contribution is 0.0527. The third-order valence-corrected chi connectivity index (χ3v) is 8.06. The van der Waals surface area contributed by atoms with Crippen LogP contribution in [0.15, 0.2) is 53.3 Å². The van der Waals surface area contributed by atoms with E-state index >= 15 is 0 Å². The number of esters is 1. The fourth-order valence-electron chi connectivity index (χ4n) is 4.16. The number of phenols is 1. The molecule has 4 aromatic rings. The number of imidazole rings is 1. The predicted molar refractivity (Wildman–Crippen MR) is 143 cm³/mol. The van der Waals surface area contributed by atoms with Crippen molar-refractivity contribution >= 4 is 44.0 Å². The van der Waals surface area contributed by atoms with E-state index in [-0.39, 0.29) is 18.1 Å². The van der Waals surface area contributed by atoms with Crippen molar-refractivity contribution in [1.82, 2.24) is 14.1 Å². The number of fused-ring (bicyclic) bond motifs is 1. The lowest BCUT2D eigenvalue weighted by Crippen LogP contribution is -2.27. The number of phenolic OH excluding ortho intramolecular Hbond substituents is 1. The van der Waals surface area contributed by atoms with Crippen molar-refractivity contribution in [3.8, 4) is 11.5 Å². The Balaban J connectivity index is 1.82. The lowest BCUT2D eigenvalue weighted by Gasteiger charge is -2.20. The van der Waals surface area contributed by atoms with Gasteiger partial charge in [-0.05, 0) is 59.2 Å². The van der Waals surface area contributed by atoms with Gasteiger partial charge < -0.3 is 28.3 Å². The zero-order chi connectivity index (χ0) is 26.0. The third kappa shape index (κ3) is 5.11. The highest BCUT2D eigenvalue weighted by Crippen LogP contribution is 2.40. The average Bonchev–Trinajstić information content (AvgIpc) is 3.38. The first-order valence-corrected chi connectivity index (χ1v) is 13.7. The number of rotatable bonds is 9. The number of ether oxygens (including phenoxy) is 2. The van der Waals surface area contributed by atoms with Crippen LogP contribution in [0.25, 0.3) is 10.9 Å². The van der Waals surface area contributed by atoms with E-state index in [4.69, 9.17) is 9.47 Å². The number of nitrogens with zero attached hydrogens (tertiary/aromatic N) is 3. The molecule has 2 aromatic carbocycles. The van der Waals surface area contributed by atoms with Gasteiger partial charge in [-0.1, -0.05) is 18.2 Å². The van der Waals surface area contributed by atoms with E-state index in [0.29, 0.717) is 44.5 Å². The molecule has 0 aliphatic heterocycles. The van der Waals surface area contributed by atoms with E-state index in [1.807, 2.05) is 47.5 Å². The third-order valence-electron chi connectivity index (χ3n) is 6.06. The van der Waals surface area contributed by atoms with Crippen LogP contribution < -0.4 is 4.74 Å². The number of benzene rings is 2. The lowest BCUT2D eigenvalue weighted by atomic mass is 10.0. The highest BCUT2D eigenvalue weighted by molar-refractivity contribution is 9.10. The first-order valence-electron chi connectivity index (χ1n) is 11.5. The van der Waals surface area contributed by atoms with Crippen LogP contribution in [0.5, 0.6) is 11.5 Å². The molecule has 0 aliphatic rings. The van der Waals surface area contributed by atoms with Crippen molar-refractivity contribution in [2.75, 3.05) is 6.61 Å². The van der Waals surface area contributed by atoms with Gasteiger partial charge in [0.05, 0.1) is 34.4 Å². The number of aromatic nitrogens is 3. The van der Waals surface area contributed by atoms with E-state index in [1.54, 1.807) is 38.2 Å². The van der Waals surface area contributed by atoms with Gasteiger partial charge in [-0.3, -0.25) is 0 Å². The number of hydrogen-bond donors (Lipinski definition) is 1.